The summed E-state index contributed by atoms with van der Waals surface area (Å²) in [6.45, 7) is 0.0525. The fourth-order valence-electron chi connectivity index (χ4n) is 1.67. The Labute approximate surface area is 78.7 Å². The predicted molar refractivity (Wildman–Crippen MR) is 49.3 cm³/mol. The van der Waals surface area contributed by atoms with Gasteiger partial charge < -0.3 is 5.11 Å². The molecule has 0 heterocycles. The van der Waals surface area contributed by atoms with Gasteiger partial charge in [0.05, 0.1) is 0 Å². The second kappa shape index (κ2) is 4.36. The summed E-state index contributed by atoms with van der Waals surface area (Å²) in [6, 6.07) is -0.109. The second-order valence-electron chi connectivity index (χ2n) is 3.31. The standard InChI is InChI=1S/C7H16N2O3S/c1-8-13(11,12)9-7-4-2-3-6(7)5-10/h6-10H,2-5H2,1H3. The molecule has 6 heteroatoms. The maximum atomic E-state index is 11.1. The normalized spacial score (nSPS) is 29.4. The zero-order valence-corrected chi connectivity index (χ0v) is 8.47. The fourth-order valence-corrected chi connectivity index (χ4v) is 2.50. The highest BCUT2D eigenvalue weighted by molar-refractivity contribution is 7.87. The van der Waals surface area contributed by atoms with E-state index in [-0.39, 0.29) is 18.6 Å². The number of aliphatic hydroxyl groups excluding tert-OH is 1. The molecule has 1 fully saturated rings. The number of aliphatic hydroxyl groups is 1. The summed E-state index contributed by atoms with van der Waals surface area (Å²) in [5.41, 5.74) is 0. The van der Waals surface area contributed by atoms with Crippen molar-refractivity contribution in [3.05, 3.63) is 0 Å². The summed E-state index contributed by atoms with van der Waals surface area (Å²) in [7, 11) is -1.99. The van der Waals surface area contributed by atoms with Crippen molar-refractivity contribution in [1.29, 1.82) is 0 Å². The van der Waals surface area contributed by atoms with E-state index in [2.05, 4.69) is 9.44 Å². The Hall–Kier alpha value is -0.170. The summed E-state index contributed by atoms with van der Waals surface area (Å²) in [5.74, 6) is 0.0723. The Morgan fingerprint density at radius 2 is 2.15 bits per heavy atom. The van der Waals surface area contributed by atoms with Gasteiger partial charge in [-0.05, 0) is 18.8 Å². The molecule has 78 valence electrons. The zero-order valence-electron chi connectivity index (χ0n) is 7.66. The van der Waals surface area contributed by atoms with Gasteiger partial charge in [0, 0.05) is 19.7 Å². The van der Waals surface area contributed by atoms with Gasteiger partial charge in [0.1, 0.15) is 0 Å². The van der Waals surface area contributed by atoms with Gasteiger partial charge in [0.25, 0.3) is 10.2 Å². The molecule has 5 nitrogen and oxygen atoms in total. The van der Waals surface area contributed by atoms with Crippen molar-refractivity contribution in [2.45, 2.75) is 25.3 Å². The lowest BCUT2D eigenvalue weighted by Gasteiger charge is -2.18. The molecular formula is C7H16N2O3S. The van der Waals surface area contributed by atoms with Crippen molar-refractivity contribution in [3.63, 3.8) is 0 Å². The van der Waals surface area contributed by atoms with Gasteiger partial charge in [-0.1, -0.05) is 6.42 Å². The lowest BCUT2D eigenvalue weighted by molar-refractivity contribution is 0.213. The molecule has 0 amide bonds. The van der Waals surface area contributed by atoms with Crippen molar-refractivity contribution < 1.29 is 13.5 Å². The molecule has 1 aliphatic carbocycles. The monoisotopic (exact) mass is 208 g/mol. The molecule has 1 aliphatic rings. The minimum Gasteiger partial charge on any atom is -0.396 e. The molecule has 1 rings (SSSR count). The van der Waals surface area contributed by atoms with Gasteiger partial charge in [-0.2, -0.15) is 13.1 Å². The first-order valence-electron chi connectivity index (χ1n) is 4.40. The number of rotatable bonds is 4. The van der Waals surface area contributed by atoms with Crippen LogP contribution in [0.4, 0.5) is 0 Å². The molecule has 0 bridgehead atoms. The Morgan fingerprint density at radius 1 is 1.46 bits per heavy atom. The topological polar surface area (TPSA) is 78.4 Å². The van der Waals surface area contributed by atoms with Crippen LogP contribution in [0.3, 0.4) is 0 Å². The Morgan fingerprint density at radius 3 is 2.69 bits per heavy atom. The molecule has 2 unspecified atom stereocenters. The molecule has 2 atom stereocenters. The quantitative estimate of drug-likeness (QED) is 0.566. The van der Waals surface area contributed by atoms with Crippen LogP contribution in [0.25, 0.3) is 0 Å². The van der Waals surface area contributed by atoms with Crippen molar-refractivity contribution in [2.75, 3.05) is 13.7 Å². The van der Waals surface area contributed by atoms with Crippen LogP contribution in [0.2, 0.25) is 0 Å². The summed E-state index contributed by atoms with van der Waals surface area (Å²) < 4.78 is 26.9. The minimum absolute atomic E-state index is 0.0525. The SMILES string of the molecule is CNS(=O)(=O)NC1CCCC1CO. The van der Waals surface area contributed by atoms with Gasteiger partial charge in [-0.15, -0.1) is 0 Å². The Kier molecular flexibility index (Phi) is 3.66. The Bertz CT molecular complexity index is 252. The van der Waals surface area contributed by atoms with E-state index in [1.807, 2.05) is 0 Å². The molecule has 0 aliphatic heterocycles. The van der Waals surface area contributed by atoms with Crippen molar-refractivity contribution in [3.8, 4) is 0 Å². The average molecular weight is 208 g/mol. The minimum atomic E-state index is -3.36. The molecular weight excluding hydrogens is 192 g/mol. The summed E-state index contributed by atoms with van der Waals surface area (Å²) in [6.07, 6.45) is 2.68. The molecule has 0 aromatic heterocycles. The molecule has 0 aromatic carbocycles. The number of hydrogen-bond donors (Lipinski definition) is 3. The smallest absolute Gasteiger partial charge is 0.276 e. The summed E-state index contributed by atoms with van der Waals surface area (Å²) >= 11 is 0. The van der Waals surface area contributed by atoms with Crippen molar-refractivity contribution >= 4 is 10.2 Å². The fraction of sp³-hybridized carbons (Fsp3) is 1.00. The molecule has 0 aromatic rings. The lowest BCUT2D eigenvalue weighted by atomic mass is 10.1. The highest BCUT2D eigenvalue weighted by Crippen LogP contribution is 2.25. The predicted octanol–water partition coefficient (Wildman–Crippen LogP) is -0.799. The van der Waals surface area contributed by atoms with Crippen LogP contribution < -0.4 is 9.44 Å². The molecule has 0 spiro atoms. The van der Waals surface area contributed by atoms with Gasteiger partial charge in [0.2, 0.25) is 0 Å². The van der Waals surface area contributed by atoms with Crippen LogP contribution in [-0.2, 0) is 10.2 Å². The third-order valence-electron chi connectivity index (χ3n) is 2.47. The van der Waals surface area contributed by atoms with Crippen LogP contribution in [0, 0.1) is 5.92 Å². The van der Waals surface area contributed by atoms with E-state index in [1.165, 1.54) is 7.05 Å². The van der Waals surface area contributed by atoms with E-state index < -0.39 is 10.2 Å². The maximum Gasteiger partial charge on any atom is 0.276 e. The van der Waals surface area contributed by atoms with Gasteiger partial charge in [-0.25, -0.2) is 4.72 Å². The molecule has 0 saturated heterocycles. The van der Waals surface area contributed by atoms with E-state index >= 15 is 0 Å². The summed E-state index contributed by atoms with van der Waals surface area (Å²) in [4.78, 5) is 0. The maximum absolute atomic E-state index is 11.1. The van der Waals surface area contributed by atoms with Gasteiger partial charge in [0.15, 0.2) is 0 Å². The highest BCUT2D eigenvalue weighted by Gasteiger charge is 2.29. The van der Waals surface area contributed by atoms with E-state index in [0.29, 0.717) is 0 Å². The highest BCUT2D eigenvalue weighted by atomic mass is 32.2. The van der Waals surface area contributed by atoms with E-state index in [0.717, 1.165) is 19.3 Å². The molecule has 0 radical (unpaired) electrons. The molecule has 3 N–H and O–H groups in total. The molecule has 13 heavy (non-hydrogen) atoms. The number of hydrogen-bond acceptors (Lipinski definition) is 3. The van der Waals surface area contributed by atoms with Crippen molar-refractivity contribution in [2.24, 2.45) is 5.92 Å². The van der Waals surface area contributed by atoms with Crippen LogP contribution in [0.15, 0.2) is 0 Å². The van der Waals surface area contributed by atoms with Crippen LogP contribution in [0.5, 0.6) is 0 Å². The second-order valence-corrected chi connectivity index (χ2v) is 4.96. The van der Waals surface area contributed by atoms with Gasteiger partial charge in [-0.3, -0.25) is 0 Å². The zero-order chi connectivity index (χ0) is 9.90. The molecule has 1 saturated carbocycles. The first kappa shape index (κ1) is 10.9. The first-order chi connectivity index (χ1) is 6.09. The van der Waals surface area contributed by atoms with E-state index in [9.17, 15) is 8.42 Å². The van der Waals surface area contributed by atoms with Crippen molar-refractivity contribution in [1.82, 2.24) is 9.44 Å². The van der Waals surface area contributed by atoms with Crippen LogP contribution in [-0.4, -0.2) is 33.2 Å². The van der Waals surface area contributed by atoms with Gasteiger partial charge >= 0.3 is 0 Å². The Balaban J connectivity index is 2.53. The van der Waals surface area contributed by atoms with E-state index in [4.69, 9.17) is 5.11 Å². The van der Waals surface area contributed by atoms with E-state index in [1.54, 1.807) is 0 Å². The lowest BCUT2D eigenvalue weighted by Crippen LogP contribution is -2.43. The largest absolute Gasteiger partial charge is 0.396 e. The first-order valence-corrected chi connectivity index (χ1v) is 5.89. The number of nitrogens with one attached hydrogen (secondary N) is 2. The third-order valence-corrected chi connectivity index (χ3v) is 3.62. The third kappa shape index (κ3) is 2.91. The van der Waals surface area contributed by atoms with Crippen LogP contribution >= 0.6 is 0 Å². The average Bonchev–Trinajstić information content (AvgIpc) is 2.51. The van der Waals surface area contributed by atoms with Crippen LogP contribution in [0.1, 0.15) is 19.3 Å². The summed E-state index contributed by atoms with van der Waals surface area (Å²) in [5, 5.41) is 8.95.